The van der Waals surface area contributed by atoms with E-state index in [0.717, 1.165) is 63.5 Å². The number of benzene rings is 4. The summed E-state index contributed by atoms with van der Waals surface area (Å²) in [5.74, 6) is -5.88. The Morgan fingerprint density at radius 2 is 0.892 bits per heavy atom. The molecule has 8 rings (SSSR count). The lowest BCUT2D eigenvalue weighted by Crippen LogP contribution is -2.56. The molecule has 0 bridgehead atoms. The van der Waals surface area contributed by atoms with Gasteiger partial charge in [0.05, 0.1) is 47.0 Å². The van der Waals surface area contributed by atoms with Crippen molar-refractivity contribution in [2.45, 2.75) is 143 Å². The molecule has 2 atom stereocenters. The van der Waals surface area contributed by atoms with Gasteiger partial charge in [0.15, 0.2) is 11.6 Å². The van der Waals surface area contributed by atoms with Crippen molar-refractivity contribution in [3.63, 3.8) is 0 Å². The Hall–Kier alpha value is -8.30. The van der Waals surface area contributed by atoms with Crippen LogP contribution in [0.2, 0.25) is 0 Å². The van der Waals surface area contributed by atoms with E-state index in [2.05, 4.69) is 20.9 Å². The molecule has 4 aromatic rings. The number of para-hydroxylation sites is 4. The highest BCUT2D eigenvalue weighted by Crippen LogP contribution is 2.40. The summed E-state index contributed by atoms with van der Waals surface area (Å²) in [6, 6.07) is 24.0. The first-order valence-corrected chi connectivity index (χ1v) is 27.8. The van der Waals surface area contributed by atoms with E-state index in [9.17, 15) is 61.4 Å². The van der Waals surface area contributed by atoms with Crippen LogP contribution in [0.1, 0.15) is 133 Å². The summed E-state index contributed by atoms with van der Waals surface area (Å²) < 4.78 is 39.0. The number of fused-ring (bicyclic) bond motifs is 2. The fourth-order valence-corrected chi connectivity index (χ4v) is 10.2. The zero-order valence-corrected chi connectivity index (χ0v) is 47.9. The third-order valence-electron chi connectivity index (χ3n) is 14.8. The van der Waals surface area contributed by atoms with Crippen molar-refractivity contribution in [1.29, 1.82) is 0 Å². The van der Waals surface area contributed by atoms with Crippen molar-refractivity contribution in [2.24, 2.45) is 10.8 Å². The van der Waals surface area contributed by atoms with E-state index >= 15 is 0 Å². The molecule has 2 aliphatic heterocycles. The Kier molecular flexibility index (Phi) is 21.3. The summed E-state index contributed by atoms with van der Waals surface area (Å²) in [6.45, 7) is 11.8. The number of Topliss-reactive ketones (excluding diaryl/α,β-unsaturated/α-hetero) is 2. The van der Waals surface area contributed by atoms with Gasteiger partial charge in [0.25, 0.3) is 11.8 Å². The molecule has 0 aromatic heterocycles. The van der Waals surface area contributed by atoms with Crippen LogP contribution in [0.25, 0.3) is 0 Å². The second-order valence-electron chi connectivity index (χ2n) is 23.2. The highest BCUT2D eigenvalue weighted by molar-refractivity contribution is 6.09. The number of halogens is 3. The van der Waals surface area contributed by atoms with Gasteiger partial charge in [0, 0.05) is 54.3 Å². The summed E-state index contributed by atoms with van der Waals surface area (Å²) in [5.41, 5.74) is 2.33. The van der Waals surface area contributed by atoms with E-state index in [4.69, 9.17) is 5.11 Å². The molecule has 2 aliphatic carbocycles. The molecular formula is C61H75F3N8O11. The number of carboxylic acids is 2. The van der Waals surface area contributed by atoms with Gasteiger partial charge in [0.1, 0.15) is 12.1 Å². The Labute approximate surface area is 481 Å². The molecule has 2 fully saturated rings. The highest BCUT2D eigenvalue weighted by Gasteiger charge is 2.45. The van der Waals surface area contributed by atoms with E-state index in [1.165, 1.54) is 53.5 Å². The fraction of sp³-hybridized carbons (Fsp3) is 0.459. The molecule has 22 heteroatoms. The number of nitrogens with zero attached hydrogens (tertiary/aromatic N) is 4. The van der Waals surface area contributed by atoms with Crippen LogP contribution >= 0.6 is 0 Å². The second-order valence-corrected chi connectivity index (χ2v) is 23.2. The molecular weight excluding hydrogens is 1080 g/mol. The molecule has 6 N–H and O–H groups in total. The van der Waals surface area contributed by atoms with Crippen LogP contribution < -0.4 is 40.9 Å². The van der Waals surface area contributed by atoms with Crippen LogP contribution in [-0.4, -0.2) is 120 Å². The number of amides is 6. The summed E-state index contributed by atoms with van der Waals surface area (Å²) >= 11 is 0. The molecule has 0 saturated heterocycles. The number of carboxylic acid groups (broad SMARTS) is 2. The van der Waals surface area contributed by atoms with E-state index in [0.29, 0.717) is 28.4 Å². The number of alkyl halides is 3. The van der Waals surface area contributed by atoms with Gasteiger partial charge in [-0.1, -0.05) is 116 Å². The number of aromatic carboxylic acids is 2. The molecule has 6 amide bonds. The third kappa shape index (κ3) is 17.4. The van der Waals surface area contributed by atoms with Crippen LogP contribution in [0, 0.1) is 10.8 Å². The van der Waals surface area contributed by atoms with Gasteiger partial charge in [-0.05, 0) is 86.3 Å². The van der Waals surface area contributed by atoms with Crippen LogP contribution in [0.3, 0.4) is 0 Å². The summed E-state index contributed by atoms with van der Waals surface area (Å²) in [6.07, 6.45) is 5.01. The number of rotatable bonds is 12. The highest BCUT2D eigenvalue weighted by atomic mass is 19.4. The molecule has 2 heterocycles. The van der Waals surface area contributed by atoms with Crippen molar-refractivity contribution >= 4 is 87.3 Å². The van der Waals surface area contributed by atoms with Gasteiger partial charge in [-0.3, -0.25) is 28.8 Å². The lowest BCUT2D eigenvalue weighted by molar-refractivity contribution is -0.174. The number of carbonyl (C=O) groups is 9. The second kappa shape index (κ2) is 27.6. The van der Waals surface area contributed by atoms with Gasteiger partial charge in [0.2, 0.25) is 5.91 Å². The minimum atomic E-state index is -5.11. The van der Waals surface area contributed by atoms with Crippen LogP contribution in [0.5, 0.6) is 0 Å². The molecule has 0 radical (unpaired) electrons. The first-order chi connectivity index (χ1) is 39.0. The van der Waals surface area contributed by atoms with Crippen LogP contribution in [0.4, 0.5) is 52.1 Å². The monoisotopic (exact) mass is 1150 g/mol. The van der Waals surface area contributed by atoms with Crippen molar-refractivity contribution in [3.05, 3.63) is 108 Å². The molecule has 4 aliphatic rings. The lowest BCUT2D eigenvalue weighted by Gasteiger charge is -2.37. The maximum Gasteiger partial charge on any atom is 0.471 e. The first-order valence-electron chi connectivity index (χ1n) is 27.8. The normalized spacial score (nSPS) is 17.8. The van der Waals surface area contributed by atoms with E-state index < -0.39 is 58.9 Å². The Morgan fingerprint density at radius 3 is 1.25 bits per heavy atom. The fourth-order valence-electron chi connectivity index (χ4n) is 10.2. The Bertz CT molecular complexity index is 3040. The average molecular weight is 1150 g/mol. The van der Waals surface area contributed by atoms with E-state index in [1.807, 2.05) is 61.3 Å². The average Bonchev–Trinajstić information content (AvgIpc) is 3.92. The van der Waals surface area contributed by atoms with Crippen molar-refractivity contribution < 1.29 is 66.5 Å². The zero-order chi connectivity index (χ0) is 61.0. The molecule has 19 nitrogen and oxygen atoms in total. The van der Waals surface area contributed by atoms with Gasteiger partial charge >= 0.3 is 30.1 Å². The first kappa shape index (κ1) is 63.9. The topological polar surface area (TPSA) is 255 Å². The predicted octanol–water partition coefficient (Wildman–Crippen LogP) is 9.85. The third-order valence-corrected chi connectivity index (χ3v) is 14.8. The van der Waals surface area contributed by atoms with Crippen molar-refractivity contribution in [2.75, 3.05) is 56.4 Å². The molecule has 0 unspecified atom stereocenters. The van der Waals surface area contributed by atoms with Crippen molar-refractivity contribution in [3.8, 4) is 0 Å². The molecule has 0 spiro atoms. The number of ketones is 2. The number of carbonyl (C=O) groups excluding carboxylic acids is 7. The number of nitrogens with one attached hydrogen (secondary N) is 4. The predicted molar refractivity (Wildman–Crippen MR) is 310 cm³/mol. The summed E-state index contributed by atoms with van der Waals surface area (Å²) in [5, 5.41) is 27.7. The van der Waals surface area contributed by atoms with Gasteiger partial charge in [-0.25, -0.2) is 14.4 Å². The van der Waals surface area contributed by atoms with Crippen molar-refractivity contribution in [1.82, 2.24) is 10.6 Å². The van der Waals surface area contributed by atoms with Gasteiger partial charge in [-0.2, -0.15) is 13.2 Å². The van der Waals surface area contributed by atoms with Gasteiger partial charge in [-0.15, -0.1) is 0 Å². The quantitative estimate of drug-likeness (QED) is 0.0773. The Balaban J connectivity index is 0.000000222. The molecule has 4 aromatic carbocycles. The van der Waals surface area contributed by atoms with E-state index in [-0.39, 0.29) is 72.8 Å². The number of hydrogen-bond acceptors (Lipinski definition) is 11. The molecule has 83 heavy (non-hydrogen) atoms. The summed E-state index contributed by atoms with van der Waals surface area (Å²) in [7, 11) is 0. The summed E-state index contributed by atoms with van der Waals surface area (Å²) in [4.78, 5) is 117. The largest absolute Gasteiger partial charge is 0.478 e. The molecule has 446 valence electrons. The maximum absolute atomic E-state index is 14.0. The Morgan fingerprint density at radius 1 is 0.518 bits per heavy atom. The number of urea groups is 1. The smallest absolute Gasteiger partial charge is 0.471 e. The standard InChI is InChI=1S/C29H36N4O5.C23H30F3N3O3.C9H9NO3/c1-29(2,3)25(34)18-33-24-15-8-7-14-23(24)32(21-12-5-4-6-13-21)17-22(26(33)35)31-28(38)30-20-11-9-10-19(16-20)27(36)37;1-22(2,3)19(30)14-29-18-12-8-7-11-17(18)28(15-9-5-4-6-10-15)13-16(20(29)31)27-21(32)23(24,25)26;1-6(11)10-8-4-2-3-7(5-8)9(12)13/h7-11,14-16,21-22H,4-6,12-13,17-18H2,1-3H3,(H,36,37)(H2,30,31,38);7-8,11-12,15-16H,4-6,9-10,13-14H2,1-3H3,(H,27,32);2-5H,1H3,(H,10,11)(H,12,13)/t22-;16-;/m11./s1. The molecule has 2 saturated carbocycles. The van der Waals surface area contributed by atoms with Crippen LogP contribution in [0.15, 0.2) is 97.1 Å². The zero-order valence-electron chi connectivity index (χ0n) is 47.9. The SMILES string of the molecule is CC(=O)Nc1cccc(C(=O)O)c1.CC(C)(C)C(=O)CN1C(=O)[C@H](NC(=O)C(F)(F)F)CN(C2CCCCC2)c2ccccc21.CC(C)(C)C(=O)CN1C(=O)[C@H](NC(=O)Nc2cccc(C(=O)O)c2)CN(C2CCCCC2)c2ccccc21. The number of anilines is 6. The van der Waals surface area contributed by atoms with Crippen LogP contribution in [-0.2, 0) is 28.8 Å². The minimum absolute atomic E-state index is 0.0409. The number of hydrogen-bond donors (Lipinski definition) is 6. The minimum Gasteiger partial charge on any atom is -0.478 e. The maximum atomic E-state index is 14.0. The lowest BCUT2D eigenvalue weighted by atomic mass is 9.90. The van der Waals surface area contributed by atoms with E-state index in [1.54, 1.807) is 57.2 Å². The van der Waals surface area contributed by atoms with Gasteiger partial charge < -0.3 is 51.1 Å².